The van der Waals surface area contributed by atoms with Gasteiger partial charge in [-0.3, -0.25) is 10.5 Å². The van der Waals surface area contributed by atoms with E-state index in [0.717, 1.165) is 11.1 Å². The number of fused-ring (bicyclic) bond motifs is 1. The van der Waals surface area contributed by atoms with Crippen LogP contribution in [-0.2, 0) is 16.1 Å². The SMILES string of the molecule is COC1=C(c2ccccc2)C(=O)C2(N)CC(O)C[N+]12Cc1ccc(C#N)cc1. The first-order valence-corrected chi connectivity index (χ1v) is 9.17. The quantitative estimate of drug-likeness (QED) is 0.795. The van der Waals surface area contributed by atoms with E-state index in [1.807, 2.05) is 42.5 Å². The number of nitriles is 1. The van der Waals surface area contributed by atoms with E-state index in [4.69, 9.17) is 15.7 Å². The van der Waals surface area contributed by atoms with Crippen molar-refractivity contribution in [2.75, 3.05) is 13.7 Å². The van der Waals surface area contributed by atoms with E-state index in [1.54, 1.807) is 19.2 Å². The monoisotopic (exact) mass is 376 g/mol. The van der Waals surface area contributed by atoms with Gasteiger partial charge in [0, 0.05) is 5.56 Å². The van der Waals surface area contributed by atoms with E-state index in [1.165, 1.54) is 0 Å². The summed E-state index contributed by atoms with van der Waals surface area (Å²) >= 11 is 0. The van der Waals surface area contributed by atoms with Gasteiger partial charge in [0.25, 0.3) is 0 Å². The molecule has 3 unspecified atom stereocenters. The lowest BCUT2D eigenvalue weighted by Crippen LogP contribution is -2.65. The van der Waals surface area contributed by atoms with Gasteiger partial charge in [-0.2, -0.15) is 5.26 Å². The number of Topliss-reactive ketones (excluding diaryl/α,β-unsaturated/α-hetero) is 1. The number of nitrogens with zero attached hydrogens (tertiary/aromatic N) is 2. The molecule has 1 fully saturated rings. The lowest BCUT2D eigenvalue weighted by atomic mass is 9.94. The van der Waals surface area contributed by atoms with Crippen molar-refractivity contribution in [2.24, 2.45) is 5.73 Å². The Morgan fingerprint density at radius 1 is 1.25 bits per heavy atom. The first-order valence-electron chi connectivity index (χ1n) is 9.17. The molecule has 28 heavy (non-hydrogen) atoms. The standard InChI is InChI=1S/C22H22N3O3/c1-28-21-19(17-5-3-2-4-6-17)20(27)22(24)11-18(26)14-25(21,22)13-16-9-7-15(12-23)8-10-16/h2-10,18,26H,11,13-14,24H2,1H3/q+1. The van der Waals surface area contributed by atoms with Gasteiger partial charge in [-0.25, -0.2) is 4.48 Å². The van der Waals surface area contributed by atoms with Crippen LogP contribution in [0.3, 0.4) is 0 Å². The molecule has 4 rings (SSSR count). The van der Waals surface area contributed by atoms with E-state index >= 15 is 0 Å². The average Bonchev–Trinajstić information content (AvgIpc) is 3.06. The Morgan fingerprint density at radius 3 is 2.54 bits per heavy atom. The van der Waals surface area contributed by atoms with Crippen molar-refractivity contribution in [2.45, 2.75) is 24.7 Å². The molecule has 6 heteroatoms. The molecule has 3 atom stereocenters. The van der Waals surface area contributed by atoms with Crippen LogP contribution in [0.5, 0.6) is 0 Å². The first kappa shape index (κ1) is 18.4. The Hall–Kier alpha value is -2.98. The van der Waals surface area contributed by atoms with Crippen molar-refractivity contribution >= 4 is 11.4 Å². The van der Waals surface area contributed by atoms with Crippen LogP contribution in [0.2, 0.25) is 0 Å². The van der Waals surface area contributed by atoms with Crippen LogP contribution in [0.15, 0.2) is 60.5 Å². The number of benzene rings is 2. The third-order valence-electron chi connectivity index (χ3n) is 5.85. The lowest BCUT2D eigenvalue weighted by Gasteiger charge is -2.39. The highest BCUT2D eigenvalue weighted by Crippen LogP contribution is 2.50. The summed E-state index contributed by atoms with van der Waals surface area (Å²) in [5, 5.41) is 19.5. The minimum absolute atomic E-state index is 0.0413. The van der Waals surface area contributed by atoms with E-state index in [2.05, 4.69) is 6.07 Å². The Labute approximate surface area is 163 Å². The molecule has 2 aromatic carbocycles. The fraction of sp³-hybridized carbons (Fsp3) is 0.273. The van der Waals surface area contributed by atoms with Gasteiger partial charge in [0.15, 0.2) is 0 Å². The molecule has 0 aliphatic carbocycles. The van der Waals surface area contributed by atoms with Crippen LogP contribution < -0.4 is 5.73 Å². The Bertz CT molecular complexity index is 994. The predicted octanol–water partition coefficient (Wildman–Crippen LogP) is 1.89. The Morgan fingerprint density at radius 2 is 1.93 bits per heavy atom. The maximum absolute atomic E-state index is 13.5. The largest absolute Gasteiger partial charge is 0.455 e. The normalized spacial score (nSPS) is 28.9. The van der Waals surface area contributed by atoms with E-state index in [0.29, 0.717) is 30.1 Å². The highest BCUT2D eigenvalue weighted by Gasteiger charge is 2.70. The van der Waals surface area contributed by atoms with Gasteiger partial charge in [0.05, 0.1) is 25.2 Å². The number of ketones is 1. The maximum atomic E-state index is 13.5. The number of carbonyl (C=O) groups excluding carboxylic acids is 1. The van der Waals surface area contributed by atoms with E-state index in [-0.39, 0.29) is 16.7 Å². The van der Waals surface area contributed by atoms with Gasteiger partial charge in [-0.15, -0.1) is 0 Å². The first-order chi connectivity index (χ1) is 13.4. The minimum atomic E-state index is -1.29. The van der Waals surface area contributed by atoms with Crippen molar-refractivity contribution in [1.29, 1.82) is 5.26 Å². The second-order valence-corrected chi connectivity index (χ2v) is 7.48. The second kappa shape index (κ2) is 6.57. The van der Waals surface area contributed by atoms with E-state index < -0.39 is 11.8 Å². The Kier molecular flexibility index (Phi) is 4.31. The van der Waals surface area contributed by atoms with E-state index in [9.17, 15) is 9.90 Å². The zero-order valence-corrected chi connectivity index (χ0v) is 15.6. The average molecular weight is 376 g/mol. The molecule has 0 aromatic heterocycles. The zero-order chi connectivity index (χ0) is 19.9. The summed E-state index contributed by atoms with van der Waals surface area (Å²) in [5.74, 6) is 0.278. The molecule has 2 aromatic rings. The summed E-state index contributed by atoms with van der Waals surface area (Å²) in [4.78, 5) is 13.5. The fourth-order valence-electron chi connectivity index (χ4n) is 4.61. The number of nitrogens with two attached hydrogens (primary N) is 1. The highest BCUT2D eigenvalue weighted by molar-refractivity contribution is 6.26. The number of aliphatic hydroxyl groups excluding tert-OH is 1. The van der Waals surface area contributed by atoms with Gasteiger partial charge in [-0.05, 0) is 17.7 Å². The summed E-state index contributed by atoms with van der Waals surface area (Å²) < 4.78 is 5.83. The second-order valence-electron chi connectivity index (χ2n) is 7.48. The van der Waals surface area contributed by atoms with Crippen LogP contribution in [0.4, 0.5) is 0 Å². The van der Waals surface area contributed by atoms with Gasteiger partial charge in [0.2, 0.25) is 11.4 Å². The number of methoxy groups -OCH3 is 1. The molecule has 0 amide bonds. The van der Waals surface area contributed by atoms with Crippen LogP contribution in [0.25, 0.3) is 5.57 Å². The molecule has 3 N–H and O–H groups in total. The highest BCUT2D eigenvalue weighted by atomic mass is 16.5. The topological polar surface area (TPSA) is 96.3 Å². The van der Waals surface area contributed by atoms with Crippen molar-refractivity contribution < 1.29 is 19.1 Å². The third-order valence-corrected chi connectivity index (χ3v) is 5.85. The number of carbonyl (C=O) groups is 1. The van der Waals surface area contributed by atoms with Crippen LogP contribution in [0.1, 0.15) is 23.1 Å². The van der Waals surface area contributed by atoms with Crippen LogP contribution in [0, 0.1) is 11.3 Å². The Balaban J connectivity index is 1.88. The lowest BCUT2D eigenvalue weighted by molar-refractivity contribution is -0.941. The number of rotatable bonds is 4. The molecule has 0 radical (unpaired) electrons. The molecule has 1 saturated heterocycles. The molecule has 6 nitrogen and oxygen atoms in total. The van der Waals surface area contributed by atoms with Crippen molar-refractivity contribution in [3.8, 4) is 6.07 Å². The molecule has 142 valence electrons. The van der Waals surface area contributed by atoms with Crippen LogP contribution >= 0.6 is 0 Å². The van der Waals surface area contributed by atoms with Crippen molar-refractivity contribution in [1.82, 2.24) is 0 Å². The van der Waals surface area contributed by atoms with Gasteiger partial charge in [0.1, 0.15) is 24.8 Å². The molecule has 0 bridgehead atoms. The molecule has 2 aliphatic rings. The van der Waals surface area contributed by atoms with Crippen LogP contribution in [-0.4, -0.2) is 40.8 Å². The molecule has 2 heterocycles. The zero-order valence-electron chi connectivity index (χ0n) is 15.6. The number of hydrogen-bond donors (Lipinski definition) is 2. The maximum Gasteiger partial charge on any atom is 0.305 e. The number of ether oxygens (including phenoxy) is 1. The molecular formula is C22H22N3O3+. The number of quaternary nitrogens is 1. The summed E-state index contributed by atoms with van der Waals surface area (Å²) in [6.07, 6.45) is -0.527. The van der Waals surface area contributed by atoms with Gasteiger partial charge in [-0.1, -0.05) is 42.5 Å². The third kappa shape index (κ3) is 2.49. The van der Waals surface area contributed by atoms with Crippen molar-refractivity contribution in [3.63, 3.8) is 0 Å². The summed E-state index contributed by atoms with van der Waals surface area (Å²) in [5.41, 5.74) is 8.15. The molecule has 2 aliphatic heterocycles. The minimum Gasteiger partial charge on any atom is -0.455 e. The van der Waals surface area contributed by atoms with Gasteiger partial charge >= 0.3 is 5.88 Å². The van der Waals surface area contributed by atoms with Crippen molar-refractivity contribution in [3.05, 3.63) is 77.2 Å². The fourth-order valence-corrected chi connectivity index (χ4v) is 4.61. The van der Waals surface area contributed by atoms with Gasteiger partial charge < -0.3 is 9.84 Å². The molecular weight excluding hydrogens is 354 g/mol. The summed E-state index contributed by atoms with van der Waals surface area (Å²) in [6.45, 7) is 0.687. The molecule has 0 saturated carbocycles. The summed E-state index contributed by atoms with van der Waals surface area (Å²) in [6, 6.07) is 18.7. The number of hydrogen-bond acceptors (Lipinski definition) is 5. The molecule has 0 spiro atoms. The predicted molar refractivity (Wildman–Crippen MR) is 103 cm³/mol. The smallest absolute Gasteiger partial charge is 0.305 e. The summed E-state index contributed by atoms with van der Waals surface area (Å²) in [7, 11) is 1.54. The number of aliphatic hydroxyl groups is 1.